The topological polar surface area (TPSA) is 48.4 Å². The molecule has 1 aromatic carbocycles. The minimum Gasteiger partial charge on any atom is -0.484 e. The summed E-state index contributed by atoms with van der Waals surface area (Å²) in [6, 6.07) is 7.67. The van der Waals surface area contributed by atoms with Crippen molar-refractivity contribution >= 4 is 17.6 Å². The van der Waals surface area contributed by atoms with Crippen LogP contribution in [0.5, 0.6) is 5.75 Å². The number of hydrogen-bond donors (Lipinski definition) is 0. The second-order valence-corrected chi connectivity index (χ2v) is 4.28. The summed E-state index contributed by atoms with van der Waals surface area (Å²) < 4.78 is 23.4. The van der Waals surface area contributed by atoms with Gasteiger partial charge in [-0.2, -0.15) is 0 Å². The van der Waals surface area contributed by atoms with Crippen molar-refractivity contribution in [1.82, 2.24) is 4.98 Å². The van der Waals surface area contributed by atoms with E-state index >= 15 is 0 Å². The lowest BCUT2D eigenvalue weighted by atomic mass is 10.2. The number of hydrogen-bond acceptors (Lipinski definition) is 4. The van der Waals surface area contributed by atoms with Crippen molar-refractivity contribution in [2.24, 2.45) is 0 Å². The molecule has 1 heterocycles. The minimum atomic E-state index is -0.611. The number of rotatable bonds is 4. The quantitative estimate of drug-likeness (QED) is 0.813. The number of ether oxygens (including phenoxy) is 2. The Kier molecular flexibility index (Phi) is 4.53. The summed E-state index contributed by atoms with van der Waals surface area (Å²) in [4.78, 5) is 15.3. The maximum atomic E-state index is 13.6. The second-order valence-electron chi connectivity index (χ2n) is 3.87. The van der Waals surface area contributed by atoms with E-state index in [1.807, 2.05) is 0 Å². The second kappa shape index (κ2) is 6.34. The molecule has 0 aliphatic rings. The summed E-state index contributed by atoms with van der Waals surface area (Å²) in [6.45, 7) is 0.0682. The first-order valence-corrected chi connectivity index (χ1v) is 6.09. The fraction of sp³-hybridized carbons (Fsp3) is 0.143. The van der Waals surface area contributed by atoms with E-state index in [2.05, 4.69) is 9.72 Å². The lowest BCUT2D eigenvalue weighted by Crippen LogP contribution is -2.04. The molecule has 0 N–H and O–H groups in total. The number of esters is 1. The molecule has 0 saturated carbocycles. The smallest absolute Gasteiger partial charge is 0.339 e. The van der Waals surface area contributed by atoms with Crippen LogP contribution in [0.25, 0.3) is 0 Å². The molecule has 0 radical (unpaired) electrons. The van der Waals surface area contributed by atoms with Crippen molar-refractivity contribution in [2.45, 2.75) is 6.61 Å². The average molecular weight is 296 g/mol. The van der Waals surface area contributed by atoms with E-state index in [9.17, 15) is 9.18 Å². The maximum Gasteiger partial charge on any atom is 0.339 e. The molecule has 2 aromatic rings. The zero-order valence-corrected chi connectivity index (χ0v) is 11.4. The van der Waals surface area contributed by atoms with Gasteiger partial charge in [-0.1, -0.05) is 17.7 Å². The van der Waals surface area contributed by atoms with Crippen LogP contribution in [0.15, 0.2) is 36.5 Å². The van der Waals surface area contributed by atoms with E-state index < -0.39 is 11.8 Å². The standard InChI is InChI=1S/C14H11ClFNO3/c1-19-14(18)9-5-6-10(17-7-9)8-20-12-4-2-3-11(15)13(12)16/h2-7H,8H2,1H3. The molecule has 20 heavy (non-hydrogen) atoms. The molecule has 0 saturated heterocycles. The Morgan fingerprint density at radius 2 is 2.15 bits per heavy atom. The van der Waals surface area contributed by atoms with Gasteiger partial charge in [-0.15, -0.1) is 0 Å². The summed E-state index contributed by atoms with van der Waals surface area (Å²) in [5.41, 5.74) is 0.891. The van der Waals surface area contributed by atoms with Crippen molar-refractivity contribution in [1.29, 1.82) is 0 Å². The van der Waals surface area contributed by atoms with Gasteiger partial charge in [-0.25, -0.2) is 9.18 Å². The minimum absolute atomic E-state index is 0.00324. The van der Waals surface area contributed by atoms with Crippen LogP contribution in [0, 0.1) is 5.82 Å². The van der Waals surface area contributed by atoms with Crippen LogP contribution >= 0.6 is 11.6 Å². The molecule has 0 fully saturated rings. The third-order valence-electron chi connectivity index (χ3n) is 2.54. The molecule has 4 nitrogen and oxygen atoms in total. The van der Waals surface area contributed by atoms with E-state index in [1.54, 1.807) is 18.2 Å². The molecule has 0 atom stereocenters. The van der Waals surface area contributed by atoms with Gasteiger partial charge in [0.1, 0.15) is 6.61 Å². The molecule has 0 unspecified atom stereocenters. The number of benzene rings is 1. The van der Waals surface area contributed by atoms with Gasteiger partial charge in [0.15, 0.2) is 11.6 Å². The largest absolute Gasteiger partial charge is 0.484 e. The highest BCUT2D eigenvalue weighted by molar-refractivity contribution is 6.30. The van der Waals surface area contributed by atoms with Gasteiger partial charge >= 0.3 is 5.97 Å². The van der Waals surface area contributed by atoms with Gasteiger partial charge in [0, 0.05) is 6.20 Å². The van der Waals surface area contributed by atoms with Gasteiger partial charge in [-0.05, 0) is 24.3 Å². The molecule has 0 amide bonds. The summed E-state index contributed by atoms with van der Waals surface area (Å²) in [7, 11) is 1.29. The molecule has 104 valence electrons. The van der Waals surface area contributed by atoms with Gasteiger partial charge < -0.3 is 9.47 Å². The van der Waals surface area contributed by atoms with Gasteiger partial charge in [0.2, 0.25) is 0 Å². The first-order chi connectivity index (χ1) is 9.61. The number of carbonyl (C=O) groups excluding carboxylic acids is 1. The summed E-state index contributed by atoms with van der Waals surface area (Å²) in [5.74, 6) is -1.03. The van der Waals surface area contributed by atoms with E-state index in [1.165, 1.54) is 25.4 Å². The van der Waals surface area contributed by atoms with E-state index in [-0.39, 0.29) is 17.4 Å². The van der Waals surface area contributed by atoms with Crippen LogP contribution in [-0.2, 0) is 11.3 Å². The van der Waals surface area contributed by atoms with Crippen molar-refractivity contribution in [2.75, 3.05) is 7.11 Å². The number of methoxy groups -OCH3 is 1. The number of aromatic nitrogens is 1. The molecule has 1 aromatic heterocycles. The average Bonchev–Trinajstić information content (AvgIpc) is 2.48. The Morgan fingerprint density at radius 3 is 2.80 bits per heavy atom. The third-order valence-corrected chi connectivity index (χ3v) is 2.83. The highest BCUT2D eigenvalue weighted by Gasteiger charge is 2.09. The normalized spacial score (nSPS) is 10.2. The van der Waals surface area contributed by atoms with Crippen LogP contribution in [0.3, 0.4) is 0 Å². The lowest BCUT2D eigenvalue weighted by molar-refractivity contribution is 0.0600. The van der Waals surface area contributed by atoms with Crippen molar-refractivity contribution in [3.63, 3.8) is 0 Å². The molecule has 6 heteroatoms. The van der Waals surface area contributed by atoms with Crippen LogP contribution < -0.4 is 4.74 Å². The van der Waals surface area contributed by atoms with Gasteiger partial charge in [0.25, 0.3) is 0 Å². The Balaban J connectivity index is 2.04. The molecule has 0 spiro atoms. The third kappa shape index (κ3) is 3.24. The van der Waals surface area contributed by atoms with Crippen LogP contribution in [0.4, 0.5) is 4.39 Å². The van der Waals surface area contributed by atoms with Crippen molar-refractivity contribution in [3.05, 3.63) is 58.6 Å². The Bertz CT molecular complexity index is 616. The molecular weight excluding hydrogens is 285 g/mol. The van der Waals surface area contributed by atoms with Gasteiger partial charge in [0.05, 0.1) is 23.4 Å². The zero-order valence-electron chi connectivity index (χ0n) is 10.6. The monoisotopic (exact) mass is 295 g/mol. The molecule has 2 rings (SSSR count). The lowest BCUT2D eigenvalue weighted by Gasteiger charge is -2.07. The fourth-order valence-corrected chi connectivity index (χ4v) is 1.66. The maximum absolute atomic E-state index is 13.6. The Labute approximate surface area is 120 Å². The predicted octanol–water partition coefficient (Wildman–Crippen LogP) is 3.24. The first-order valence-electron chi connectivity index (χ1n) is 5.72. The molecule has 0 bridgehead atoms. The predicted molar refractivity (Wildman–Crippen MR) is 71.3 cm³/mol. The fourth-order valence-electron chi connectivity index (χ4n) is 1.50. The van der Waals surface area contributed by atoms with Crippen LogP contribution in [0.2, 0.25) is 5.02 Å². The van der Waals surface area contributed by atoms with Crippen molar-refractivity contribution < 1.29 is 18.7 Å². The number of halogens is 2. The summed E-state index contributed by atoms with van der Waals surface area (Å²) >= 11 is 5.65. The highest BCUT2D eigenvalue weighted by Crippen LogP contribution is 2.24. The number of nitrogens with zero attached hydrogens (tertiary/aromatic N) is 1. The van der Waals surface area contributed by atoms with Crippen LogP contribution in [-0.4, -0.2) is 18.1 Å². The first kappa shape index (κ1) is 14.3. The van der Waals surface area contributed by atoms with E-state index in [0.717, 1.165) is 0 Å². The van der Waals surface area contributed by atoms with E-state index in [4.69, 9.17) is 16.3 Å². The Hall–Kier alpha value is -2.14. The highest BCUT2D eigenvalue weighted by atomic mass is 35.5. The van der Waals surface area contributed by atoms with Crippen molar-refractivity contribution in [3.8, 4) is 5.75 Å². The van der Waals surface area contributed by atoms with Gasteiger partial charge in [-0.3, -0.25) is 4.98 Å². The Morgan fingerprint density at radius 1 is 1.35 bits per heavy atom. The molecular formula is C14H11ClFNO3. The number of carbonyl (C=O) groups is 1. The molecule has 0 aliphatic carbocycles. The van der Waals surface area contributed by atoms with Crippen LogP contribution in [0.1, 0.15) is 16.1 Å². The molecule has 0 aliphatic heterocycles. The SMILES string of the molecule is COC(=O)c1ccc(COc2cccc(Cl)c2F)nc1. The number of pyridine rings is 1. The summed E-state index contributed by atoms with van der Waals surface area (Å²) in [6.07, 6.45) is 1.37. The zero-order chi connectivity index (χ0) is 14.5. The summed E-state index contributed by atoms with van der Waals surface area (Å²) in [5, 5.41) is -0.00324. The van der Waals surface area contributed by atoms with E-state index in [0.29, 0.717) is 11.3 Å².